The summed E-state index contributed by atoms with van der Waals surface area (Å²) >= 11 is 0. The second-order valence-corrected chi connectivity index (χ2v) is 5.40. The summed E-state index contributed by atoms with van der Waals surface area (Å²) in [5.41, 5.74) is 5.77. The van der Waals surface area contributed by atoms with Gasteiger partial charge in [0.2, 0.25) is 0 Å². The largest absolute Gasteiger partial charge is 0.335 e. The molecular formula is C13H26N4O. The van der Waals surface area contributed by atoms with Crippen molar-refractivity contribution in [2.24, 2.45) is 5.73 Å². The Balaban J connectivity index is 1.73. The predicted octanol–water partition coefficient (Wildman–Crippen LogP) is 0.603. The third-order valence-electron chi connectivity index (χ3n) is 4.29. The highest BCUT2D eigenvalue weighted by atomic mass is 16.2. The van der Waals surface area contributed by atoms with Crippen LogP contribution >= 0.6 is 0 Å². The Kier molecular flexibility index (Phi) is 4.83. The zero-order valence-corrected chi connectivity index (χ0v) is 11.4. The van der Waals surface area contributed by atoms with E-state index in [0.29, 0.717) is 18.6 Å². The number of carbonyl (C=O) groups is 1. The summed E-state index contributed by atoms with van der Waals surface area (Å²) in [6.45, 7) is 6.45. The first-order chi connectivity index (χ1) is 8.74. The average Bonchev–Trinajstić information content (AvgIpc) is 2.36. The minimum Gasteiger partial charge on any atom is -0.335 e. The van der Waals surface area contributed by atoms with Crippen LogP contribution < -0.4 is 11.1 Å². The van der Waals surface area contributed by atoms with Gasteiger partial charge in [0.15, 0.2) is 0 Å². The summed E-state index contributed by atoms with van der Waals surface area (Å²) in [4.78, 5) is 16.3. The third-order valence-corrected chi connectivity index (χ3v) is 4.29. The number of nitrogens with zero attached hydrogens (tertiary/aromatic N) is 2. The molecule has 0 bridgehead atoms. The fourth-order valence-corrected chi connectivity index (χ4v) is 2.68. The molecule has 1 unspecified atom stereocenters. The van der Waals surface area contributed by atoms with Gasteiger partial charge in [-0.2, -0.15) is 0 Å². The van der Waals surface area contributed by atoms with Crippen molar-refractivity contribution in [1.82, 2.24) is 15.1 Å². The highest BCUT2D eigenvalue weighted by molar-refractivity contribution is 5.74. The minimum atomic E-state index is 0.125. The maximum absolute atomic E-state index is 12.0. The standard InChI is InChI=1S/C13H26N4O/c1-2-12(10-14)16-6-8-17(9-7-16)13(18)15-11-4-3-5-11/h11-12H,2-10,14H2,1H3,(H,15,18). The number of hydrogen-bond donors (Lipinski definition) is 2. The van der Waals surface area contributed by atoms with Crippen LogP contribution in [0.25, 0.3) is 0 Å². The van der Waals surface area contributed by atoms with Crippen LogP contribution in [0.5, 0.6) is 0 Å². The number of urea groups is 1. The summed E-state index contributed by atoms with van der Waals surface area (Å²) in [6.07, 6.45) is 4.64. The molecule has 2 rings (SSSR count). The van der Waals surface area contributed by atoms with Crippen molar-refractivity contribution in [2.75, 3.05) is 32.7 Å². The lowest BCUT2D eigenvalue weighted by Crippen LogP contribution is -2.56. The van der Waals surface area contributed by atoms with Crippen molar-refractivity contribution in [3.63, 3.8) is 0 Å². The highest BCUT2D eigenvalue weighted by Gasteiger charge is 2.27. The van der Waals surface area contributed by atoms with Crippen molar-refractivity contribution >= 4 is 6.03 Å². The minimum absolute atomic E-state index is 0.125. The molecule has 1 atom stereocenters. The van der Waals surface area contributed by atoms with Crippen LogP contribution in [0.15, 0.2) is 0 Å². The lowest BCUT2D eigenvalue weighted by atomic mass is 9.93. The van der Waals surface area contributed by atoms with Crippen molar-refractivity contribution in [3.05, 3.63) is 0 Å². The van der Waals surface area contributed by atoms with Crippen molar-refractivity contribution in [3.8, 4) is 0 Å². The lowest BCUT2D eigenvalue weighted by Gasteiger charge is -2.39. The van der Waals surface area contributed by atoms with E-state index < -0.39 is 0 Å². The van der Waals surface area contributed by atoms with E-state index in [1.807, 2.05) is 4.90 Å². The Hall–Kier alpha value is -0.810. The van der Waals surface area contributed by atoms with E-state index in [1.54, 1.807) is 0 Å². The fraction of sp³-hybridized carbons (Fsp3) is 0.923. The van der Waals surface area contributed by atoms with E-state index in [4.69, 9.17) is 5.73 Å². The van der Waals surface area contributed by atoms with Crippen LogP contribution in [0.3, 0.4) is 0 Å². The number of nitrogens with two attached hydrogens (primary N) is 1. The third kappa shape index (κ3) is 3.14. The van der Waals surface area contributed by atoms with E-state index in [0.717, 1.165) is 45.4 Å². The van der Waals surface area contributed by atoms with Gasteiger partial charge < -0.3 is 16.0 Å². The molecule has 1 saturated heterocycles. The molecule has 1 aliphatic heterocycles. The van der Waals surface area contributed by atoms with Crippen LogP contribution in [-0.2, 0) is 0 Å². The van der Waals surface area contributed by atoms with Gasteiger partial charge in [-0.25, -0.2) is 4.79 Å². The lowest BCUT2D eigenvalue weighted by molar-refractivity contribution is 0.105. The normalized spacial score (nSPS) is 23.6. The Labute approximate surface area is 110 Å². The summed E-state index contributed by atoms with van der Waals surface area (Å²) in [6, 6.07) is 1.03. The number of piperazine rings is 1. The Morgan fingerprint density at radius 1 is 1.33 bits per heavy atom. The van der Waals surface area contributed by atoms with E-state index in [-0.39, 0.29) is 6.03 Å². The zero-order valence-electron chi connectivity index (χ0n) is 11.4. The molecule has 2 fully saturated rings. The SMILES string of the molecule is CCC(CN)N1CCN(C(=O)NC2CCC2)CC1. The van der Waals surface area contributed by atoms with E-state index in [1.165, 1.54) is 6.42 Å². The number of hydrogen-bond acceptors (Lipinski definition) is 3. The number of carbonyl (C=O) groups excluding carboxylic acids is 1. The topological polar surface area (TPSA) is 61.6 Å². The summed E-state index contributed by atoms with van der Waals surface area (Å²) < 4.78 is 0. The molecule has 18 heavy (non-hydrogen) atoms. The van der Waals surface area contributed by atoms with Gasteiger partial charge in [0.05, 0.1) is 0 Å². The molecular weight excluding hydrogens is 228 g/mol. The second kappa shape index (κ2) is 6.38. The molecule has 0 spiro atoms. The maximum Gasteiger partial charge on any atom is 0.317 e. The van der Waals surface area contributed by atoms with Gasteiger partial charge in [-0.15, -0.1) is 0 Å². The predicted molar refractivity (Wildman–Crippen MR) is 72.5 cm³/mol. The Morgan fingerprint density at radius 2 is 2.00 bits per heavy atom. The van der Waals surface area contributed by atoms with Gasteiger partial charge in [-0.1, -0.05) is 6.92 Å². The molecule has 5 nitrogen and oxygen atoms in total. The van der Waals surface area contributed by atoms with Crippen LogP contribution in [0.2, 0.25) is 0 Å². The number of rotatable bonds is 4. The summed E-state index contributed by atoms with van der Waals surface area (Å²) in [5.74, 6) is 0. The second-order valence-electron chi connectivity index (χ2n) is 5.40. The molecule has 104 valence electrons. The molecule has 2 aliphatic rings. The molecule has 0 radical (unpaired) electrons. The van der Waals surface area contributed by atoms with Gasteiger partial charge in [0.25, 0.3) is 0 Å². The Morgan fingerprint density at radius 3 is 2.44 bits per heavy atom. The van der Waals surface area contributed by atoms with Crippen LogP contribution in [0, 0.1) is 0 Å². The molecule has 1 heterocycles. The first-order valence-electron chi connectivity index (χ1n) is 7.24. The smallest absolute Gasteiger partial charge is 0.317 e. The molecule has 5 heteroatoms. The van der Waals surface area contributed by atoms with Gasteiger partial charge in [-0.05, 0) is 25.7 Å². The molecule has 0 aromatic carbocycles. The van der Waals surface area contributed by atoms with Crippen molar-refractivity contribution in [2.45, 2.75) is 44.7 Å². The quantitative estimate of drug-likeness (QED) is 0.772. The maximum atomic E-state index is 12.0. The van der Waals surface area contributed by atoms with Gasteiger partial charge in [-0.3, -0.25) is 4.90 Å². The van der Waals surface area contributed by atoms with E-state index in [2.05, 4.69) is 17.1 Å². The average molecular weight is 254 g/mol. The van der Waals surface area contributed by atoms with Crippen LogP contribution in [-0.4, -0.2) is 60.6 Å². The first kappa shape index (κ1) is 13.6. The van der Waals surface area contributed by atoms with Gasteiger partial charge in [0.1, 0.15) is 0 Å². The van der Waals surface area contributed by atoms with Crippen molar-refractivity contribution in [1.29, 1.82) is 0 Å². The monoisotopic (exact) mass is 254 g/mol. The van der Waals surface area contributed by atoms with Crippen molar-refractivity contribution < 1.29 is 4.79 Å². The Bertz CT molecular complexity index is 268. The molecule has 3 N–H and O–H groups in total. The summed E-state index contributed by atoms with van der Waals surface area (Å²) in [5, 5.41) is 3.10. The van der Waals surface area contributed by atoms with Crippen LogP contribution in [0.1, 0.15) is 32.6 Å². The number of amides is 2. The summed E-state index contributed by atoms with van der Waals surface area (Å²) in [7, 11) is 0. The molecule has 1 saturated carbocycles. The molecule has 0 aromatic rings. The molecule has 0 aromatic heterocycles. The highest BCUT2D eigenvalue weighted by Crippen LogP contribution is 2.18. The zero-order chi connectivity index (χ0) is 13.0. The van der Waals surface area contributed by atoms with E-state index in [9.17, 15) is 4.79 Å². The first-order valence-corrected chi connectivity index (χ1v) is 7.24. The number of nitrogens with one attached hydrogen (secondary N) is 1. The van der Waals surface area contributed by atoms with E-state index >= 15 is 0 Å². The molecule has 1 aliphatic carbocycles. The van der Waals surface area contributed by atoms with Gasteiger partial charge in [0, 0.05) is 44.8 Å². The van der Waals surface area contributed by atoms with Crippen LogP contribution in [0.4, 0.5) is 4.79 Å². The van der Waals surface area contributed by atoms with Gasteiger partial charge >= 0.3 is 6.03 Å². The molecule has 2 amide bonds. The fourth-order valence-electron chi connectivity index (χ4n) is 2.68.